The molecule has 0 heterocycles. The highest BCUT2D eigenvalue weighted by atomic mass is 35.7. The molecule has 1 aliphatic rings. The number of likely N-dealkylation sites (N-methyl/N-ethyl adjacent to an activating group) is 1. The van der Waals surface area contributed by atoms with E-state index in [-0.39, 0.29) is 10.8 Å². The molecule has 2 rings (SSSR count). The smallest absolute Gasteiger partial charge is 0.261 e. The molecule has 5 nitrogen and oxygen atoms in total. The van der Waals surface area contributed by atoms with E-state index in [1.165, 1.54) is 37.1 Å². The minimum atomic E-state index is -3.76. The number of ether oxygens (including phenoxy) is 1. The first-order valence-corrected chi connectivity index (χ1v) is 9.07. The van der Waals surface area contributed by atoms with Gasteiger partial charge in [-0.25, -0.2) is 8.42 Å². The summed E-state index contributed by atoms with van der Waals surface area (Å²) in [5.74, 6) is 0.527. The van der Waals surface area contributed by atoms with Gasteiger partial charge in [0.25, 0.3) is 15.0 Å². The molecule has 1 amide bonds. The van der Waals surface area contributed by atoms with Gasteiger partial charge in [0.2, 0.25) is 0 Å². The third kappa shape index (κ3) is 4.98. The molecule has 1 aromatic rings. The van der Waals surface area contributed by atoms with Crippen LogP contribution in [0.5, 0.6) is 0 Å². The summed E-state index contributed by atoms with van der Waals surface area (Å²) in [6.07, 6.45) is 2.48. The topological polar surface area (TPSA) is 63.7 Å². The largest absolute Gasteiger partial charge is 0.379 e. The summed E-state index contributed by atoms with van der Waals surface area (Å²) in [5.41, 5.74) is 0.420. The predicted octanol–water partition coefficient (Wildman–Crippen LogP) is 2.11. The predicted molar refractivity (Wildman–Crippen MR) is 80.0 cm³/mol. The van der Waals surface area contributed by atoms with Crippen molar-refractivity contribution < 1.29 is 17.9 Å². The van der Waals surface area contributed by atoms with Crippen molar-refractivity contribution in [2.45, 2.75) is 17.7 Å². The third-order valence-electron chi connectivity index (χ3n) is 3.35. The monoisotopic (exact) mass is 331 g/mol. The Morgan fingerprint density at radius 2 is 1.95 bits per heavy atom. The number of hydrogen-bond donors (Lipinski definition) is 0. The van der Waals surface area contributed by atoms with Gasteiger partial charge < -0.3 is 9.64 Å². The second-order valence-electron chi connectivity index (χ2n) is 5.21. The Balaban J connectivity index is 1.85. The molecule has 0 aliphatic heterocycles. The third-order valence-corrected chi connectivity index (χ3v) is 4.72. The van der Waals surface area contributed by atoms with Gasteiger partial charge in [-0.3, -0.25) is 4.79 Å². The van der Waals surface area contributed by atoms with Crippen molar-refractivity contribution in [1.82, 2.24) is 4.90 Å². The first-order chi connectivity index (χ1) is 9.88. The highest BCUT2D eigenvalue weighted by molar-refractivity contribution is 8.13. The average Bonchev–Trinajstić information content (AvgIpc) is 3.26. The highest BCUT2D eigenvalue weighted by Gasteiger charge is 2.21. The number of rotatable bonds is 7. The summed E-state index contributed by atoms with van der Waals surface area (Å²) in [5, 5.41) is 0. The van der Waals surface area contributed by atoms with Crippen molar-refractivity contribution in [2.24, 2.45) is 5.92 Å². The molecule has 1 aliphatic carbocycles. The summed E-state index contributed by atoms with van der Waals surface area (Å²) in [6, 6.07) is 5.57. The van der Waals surface area contributed by atoms with Crippen LogP contribution in [-0.4, -0.2) is 46.0 Å². The molecule has 0 bridgehead atoms. The lowest BCUT2D eigenvalue weighted by atomic mass is 10.2. The van der Waals surface area contributed by atoms with E-state index in [0.29, 0.717) is 24.6 Å². The molecule has 21 heavy (non-hydrogen) atoms. The fourth-order valence-electron chi connectivity index (χ4n) is 1.82. The lowest BCUT2D eigenvalue weighted by Crippen LogP contribution is -2.30. The zero-order chi connectivity index (χ0) is 15.5. The molecule has 1 aromatic carbocycles. The summed E-state index contributed by atoms with van der Waals surface area (Å²) < 4.78 is 27.8. The van der Waals surface area contributed by atoms with E-state index >= 15 is 0 Å². The SMILES string of the molecule is CN(CCOCC1CC1)C(=O)c1ccc(S(=O)(=O)Cl)cc1. The summed E-state index contributed by atoms with van der Waals surface area (Å²) in [7, 11) is 3.16. The number of amides is 1. The molecular weight excluding hydrogens is 314 g/mol. The number of hydrogen-bond acceptors (Lipinski definition) is 4. The normalized spacial score (nSPS) is 15.0. The molecule has 7 heteroatoms. The molecule has 0 aromatic heterocycles. The second-order valence-corrected chi connectivity index (χ2v) is 7.77. The molecule has 0 N–H and O–H groups in total. The Morgan fingerprint density at radius 3 is 2.48 bits per heavy atom. The first kappa shape index (κ1) is 16.3. The summed E-state index contributed by atoms with van der Waals surface area (Å²) in [6.45, 7) is 1.78. The fraction of sp³-hybridized carbons (Fsp3) is 0.500. The Kier molecular flexibility index (Phi) is 5.24. The number of carbonyl (C=O) groups excluding carboxylic acids is 1. The van der Waals surface area contributed by atoms with Gasteiger partial charge >= 0.3 is 0 Å². The zero-order valence-corrected chi connectivity index (χ0v) is 13.4. The molecule has 0 spiro atoms. The van der Waals surface area contributed by atoms with E-state index in [9.17, 15) is 13.2 Å². The molecular formula is C14H18ClNO4S. The van der Waals surface area contributed by atoms with Crippen LogP contribution in [0, 0.1) is 5.92 Å². The van der Waals surface area contributed by atoms with Crippen LogP contribution in [0.3, 0.4) is 0 Å². The van der Waals surface area contributed by atoms with Gasteiger partial charge in [0.05, 0.1) is 11.5 Å². The Morgan fingerprint density at radius 1 is 1.33 bits per heavy atom. The van der Waals surface area contributed by atoms with Crippen LogP contribution in [0.25, 0.3) is 0 Å². The Bertz CT molecular complexity index is 596. The zero-order valence-electron chi connectivity index (χ0n) is 11.8. The van der Waals surface area contributed by atoms with Crippen molar-refractivity contribution in [3.63, 3.8) is 0 Å². The van der Waals surface area contributed by atoms with Crippen molar-refractivity contribution in [3.8, 4) is 0 Å². The molecule has 0 atom stereocenters. The maximum absolute atomic E-state index is 12.1. The van der Waals surface area contributed by atoms with Gasteiger partial charge in [-0.2, -0.15) is 0 Å². The van der Waals surface area contributed by atoms with E-state index in [1.54, 1.807) is 11.9 Å². The van der Waals surface area contributed by atoms with Crippen molar-refractivity contribution in [3.05, 3.63) is 29.8 Å². The molecule has 116 valence electrons. The first-order valence-electron chi connectivity index (χ1n) is 6.76. The van der Waals surface area contributed by atoms with Gasteiger partial charge in [-0.15, -0.1) is 0 Å². The van der Waals surface area contributed by atoms with Crippen LogP contribution in [-0.2, 0) is 13.8 Å². The maximum atomic E-state index is 12.1. The van der Waals surface area contributed by atoms with Crippen LogP contribution in [0.4, 0.5) is 0 Å². The molecule has 0 radical (unpaired) electrons. The quantitative estimate of drug-likeness (QED) is 0.567. The lowest BCUT2D eigenvalue weighted by Gasteiger charge is -2.17. The summed E-state index contributed by atoms with van der Waals surface area (Å²) >= 11 is 0. The lowest BCUT2D eigenvalue weighted by molar-refractivity contribution is 0.0681. The van der Waals surface area contributed by atoms with E-state index in [2.05, 4.69) is 0 Å². The van der Waals surface area contributed by atoms with Gasteiger partial charge in [-0.1, -0.05) is 0 Å². The number of nitrogens with zero attached hydrogens (tertiary/aromatic N) is 1. The number of carbonyl (C=O) groups is 1. The molecule has 1 saturated carbocycles. The van der Waals surface area contributed by atoms with Gasteiger partial charge in [0, 0.05) is 36.4 Å². The summed E-state index contributed by atoms with van der Waals surface area (Å²) in [4.78, 5) is 13.7. The highest BCUT2D eigenvalue weighted by Crippen LogP contribution is 2.28. The minimum Gasteiger partial charge on any atom is -0.379 e. The molecule has 0 saturated heterocycles. The van der Waals surface area contributed by atoms with Crippen LogP contribution >= 0.6 is 10.7 Å². The van der Waals surface area contributed by atoms with Crippen LogP contribution in [0.1, 0.15) is 23.2 Å². The Hall–Kier alpha value is -1.11. The molecule has 1 fully saturated rings. The van der Waals surface area contributed by atoms with Crippen molar-refractivity contribution in [2.75, 3.05) is 26.8 Å². The van der Waals surface area contributed by atoms with Crippen molar-refractivity contribution in [1.29, 1.82) is 0 Å². The second kappa shape index (κ2) is 6.77. The van der Waals surface area contributed by atoms with Crippen LogP contribution < -0.4 is 0 Å². The van der Waals surface area contributed by atoms with Gasteiger partial charge in [0.1, 0.15) is 0 Å². The maximum Gasteiger partial charge on any atom is 0.261 e. The van der Waals surface area contributed by atoms with E-state index in [4.69, 9.17) is 15.4 Å². The number of halogens is 1. The van der Waals surface area contributed by atoms with E-state index in [1.807, 2.05) is 0 Å². The fourth-order valence-corrected chi connectivity index (χ4v) is 2.59. The average molecular weight is 332 g/mol. The molecule has 0 unspecified atom stereocenters. The van der Waals surface area contributed by atoms with Crippen LogP contribution in [0.15, 0.2) is 29.2 Å². The van der Waals surface area contributed by atoms with Gasteiger partial charge in [0.15, 0.2) is 0 Å². The number of benzene rings is 1. The van der Waals surface area contributed by atoms with Crippen molar-refractivity contribution >= 4 is 25.6 Å². The standard InChI is InChI=1S/C14H18ClNO4S/c1-16(8-9-20-10-11-2-3-11)14(17)12-4-6-13(7-5-12)21(15,18)19/h4-7,11H,2-3,8-10H2,1H3. The Labute approximate surface area is 129 Å². The van der Waals surface area contributed by atoms with E-state index in [0.717, 1.165) is 6.61 Å². The van der Waals surface area contributed by atoms with E-state index < -0.39 is 9.05 Å². The van der Waals surface area contributed by atoms with Gasteiger partial charge in [-0.05, 0) is 43.0 Å². The minimum absolute atomic E-state index is 0.0175. The van der Waals surface area contributed by atoms with Crippen LogP contribution in [0.2, 0.25) is 0 Å².